The minimum atomic E-state index is 0. The molecule has 0 amide bonds. The summed E-state index contributed by atoms with van der Waals surface area (Å²) in [5.41, 5.74) is 0. The van der Waals surface area contributed by atoms with Crippen LogP contribution in [0.2, 0.25) is 0 Å². The maximum atomic E-state index is 4.25. The van der Waals surface area contributed by atoms with Crippen LogP contribution in [0.4, 0.5) is 0 Å². The maximum Gasteiger partial charge on any atom is 0.0351 e. The summed E-state index contributed by atoms with van der Waals surface area (Å²) in [6.45, 7) is 0. The number of rotatable bonds is 0. The van der Waals surface area contributed by atoms with E-state index < -0.39 is 0 Å². The summed E-state index contributed by atoms with van der Waals surface area (Å²) in [6.07, 6.45) is 0. The molecule has 0 aromatic heterocycles. The minimum absolute atomic E-state index is 0. The predicted octanol–water partition coefficient (Wildman–Crippen LogP) is 2.43. The molecule has 0 saturated heterocycles. The first-order valence-electron chi connectivity index (χ1n) is 0.816. The Morgan fingerprint density at radius 1 is 0.875 bits per heavy atom. The average Bonchev–Trinajstić information content (AvgIpc) is 0.918. The first-order valence-corrected chi connectivity index (χ1v) is 0.816. The van der Waals surface area contributed by atoms with Gasteiger partial charge in [-0.1, -0.05) is 14.9 Å². The normalized spacial score (nSPS) is 2.25. The van der Waals surface area contributed by atoms with Crippen molar-refractivity contribution in [3.8, 4) is 0 Å². The van der Waals surface area contributed by atoms with E-state index in [-0.39, 0.29) is 62.4 Å². The summed E-state index contributed by atoms with van der Waals surface area (Å²) in [5.74, 6) is 0. The quantitative estimate of drug-likeness (QED) is 0.542. The molecule has 8 heavy (non-hydrogen) atoms. The smallest absolute Gasteiger partial charge is 0.0351 e. The second-order valence-corrected chi connectivity index (χ2v) is 0.408. The molecule has 0 aliphatic rings. The third kappa shape index (κ3) is 229. The molecule has 55 valence electrons. The van der Waals surface area contributed by atoms with Gasteiger partial charge in [0.1, 0.15) is 0 Å². The molecule has 0 fully saturated rings. The number of methoxy groups -OCH3 is 1. The average molecular weight is 197 g/mol. The maximum absolute atomic E-state index is 4.25. The van der Waals surface area contributed by atoms with Crippen molar-refractivity contribution in [2.24, 2.45) is 0 Å². The molecule has 0 bridgehead atoms. The van der Waals surface area contributed by atoms with Crippen molar-refractivity contribution < 1.29 is 37.4 Å². The Morgan fingerprint density at radius 2 is 0.875 bits per heavy atom. The van der Waals surface area contributed by atoms with Crippen molar-refractivity contribution in [3.63, 3.8) is 0 Å². The molecule has 0 spiro atoms. The first-order chi connectivity index (χ1) is 1.41. The Bertz CT molecular complexity index is 8.49. The van der Waals surface area contributed by atoms with Gasteiger partial charge in [0.05, 0.1) is 0 Å². The van der Waals surface area contributed by atoms with Crippen LogP contribution in [-0.4, -0.2) is 14.2 Å². The zero-order valence-corrected chi connectivity index (χ0v) is 7.82. The number of ether oxygens (including phenoxy) is 1. The van der Waals surface area contributed by atoms with E-state index in [1.165, 1.54) is 0 Å². The standard InChI is InChI=1S/C2H6O.2CH4.2CH3.Y/c1-3-2;;;;;/h1-2H3;2*1H4;2*1H3;/q;;;2*-1;. The zero-order valence-electron chi connectivity index (χ0n) is 4.99. The van der Waals surface area contributed by atoms with Crippen molar-refractivity contribution in [3.05, 3.63) is 14.9 Å². The minimum Gasteiger partial charge on any atom is -0.388 e. The van der Waals surface area contributed by atoms with Crippen molar-refractivity contribution in [1.82, 2.24) is 0 Å². The molecular weight excluding hydrogens is 177 g/mol. The molecule has 1 radical (unpaired) electrons. The number of hydrogen-bond donors (Lipinski definition) is 0. The van der Waals surface area contributed by atoms with Gasteiger partial charge in [-0.2, -0.15) is 0 Å². The van der Waals surface area contributed by atoms with E-state index >= 15 is 0 Å². The Kier molecular flexibility index (Phi) is 741. The van der Waals surface area contributed by atoms with Gasteiger partial charge in [0.25, 0.3) is 0 Å². The van der Waals surface area contributed by atoms with Crippen LogP contribution >= 0.6 is 0 Å². The van der Waals surface area contributed by atoms with Crippen molar-refractivity contribution >= 4 is 0 Å². The molecule has 0 aliphatic heterocycles. The van der Waals surface area contributed by atoms with Gasteiger partial charge in [-0.15, -0.1) is 0 Å². The summed E-state index contributed by atoms with van der Waals surface area (Å²) >= 11 is 0. The summed E-state index contributed by atoms with van der Waals surface area (Å²) < 4.78 is 4.25. The van der Waals surface area contributed by atoms with E-state index in [2.05, 4.69) is 4.74 Å². The third-order valence-electron chi connectivity index (χ3n) is 0. The Balaban J connectivity index is -0.00000000200. The zero-order chi connectivity index (χ0) is 2.71. The van der Waals surface area contributed by atoms with Gasteiger partial charge in [-0.05, 0) is 0 Å². The van der Waals surface area contributed by atoms with Crippen LogP contribution in [0.25, 0.3) is 0 Å². The van der Waals surface area contributed by atoms with Gasteiger partial charge in [-0.3, -0.25) is 0 Å². The van der Waals surface area contributed by atoms with Crippen LogP contribution < -0.4 is 0 Å². The fourth-order valence-corrected chi connectivity index (χ4v) is 0. The Labute approximate surface area is 81.1 Å². The van der Waals surface area contributed by atoms with E-state index in [9.17, 15) is 0 Å². The van der Waals surface area contributed by atoms with Crippen LogP contribution in [0.5, 0.6) is 0 Å². The third-order valence-corrected chi connectivity index (χ3v) is 0. The molecule has 0 aromatic carbocycles. The van der Waals surface area contributed by atoms with Gasteiger partial charge in [-0.25, -0.2) is 0 Å². The molecule has 0 heterocycles. The molecule has 0 unspecified atom stereocenters. The van der Waals surface area contributed by atoms with E-state index in [4.69, 9.17) is 0 Å². The molecular formula is C6H20OY-2. The van der Waals surface area contributed by atoms with Crippen LogP contribution in [0, 0.1) is 14.9 Å². The second kappa shape index (κ2) is 94.5. The molecule has 0 rings (SSSR count). The van der Waals surface area contributed by atoms with Gasteiger partial charge in [0, 0.05) is 46.9 Å². The molecule has 0 atom stereocenters. The van der Waals surface area contributed by atoms with E-state index in [0.29, 0.717) is 0 Å². The van der Waals surface area contributed by atoms with E-state index in [0.717, 1.165) is 0 Å². The van der Waals surface area contributed by atoms with Gasteiger partial charge in [0.15, 0.2) is 0 Å². The van der Waals surface area contributed by atoms with Crippen molar-refractivity contribution in [1.29, 1.82) is 0 Å². The van der Waals surface area contributed by atoms with E-state index in [1.807, 2.05) is 0 Å². The SMILES string of the molecule is C.C.COC.[CH3-].[CH3-].[Y]. The van der Waals surface area contributed by atoms with Gasteiger partial charge < -0.3 is 19.6 Å². The summed E-state index contributed by atoms with van der Waals surface area (Å²) in [6, 6.07) is 0. The molecule has 0 aliphatic carbocycles. The topological polar surface area (TPSA) is 9.23 Å². The summed E-state index contributed by atoms with van der Waals surface area (Å²) in [7, 11) is 3.25. The Hall–Kier alpha value is 1.06. The molecule has 0 aromatic rings. The molecule has 0 N–H and O–H groups in total. The van der Waals surface area contributed by atoms with E-state index in [1.54, 1.807) is 14.2 Å². The van der Waals surface area contributed by atoms with Crippen LogP contribution in [0.15, 0.2) is 0 Å². The van der Waals surface area contributed by atoms with Crippen LogP contribution in [0.3, 0.4) is 0 Å². The first kappa shape index (κ1) is 62.8. The van der Waals surface area contributed by atoms with Gasteiger partial charge in [0.2, 0.25) is 0 Å². The van der Waals surface area contributed by atoms with Crippen molar-refractivity contribution in [2.45, 2.75) is 14.9 Å². The summed E-state index contributed by atoms with van der Waals surface area (Å²) in [5, 5.41) is 0. The summed E-state index contributed by atoms with van der Waals surface area (Å²) in [4.78, 5) is 0. The predicted molar refractivity (Wildman–Crippen MR) is 39.2 cm³/mol. The fourth-order valence-electron chi connectivity index (χ4n) is 0. The van der Waals surface area contributed by atoms with Crippen LogP contribution in [0.1, 0.15) is 14.9 Å². The van der Waals surface area contributed by atoms with Crippen LogP contribution in [-0.2, 0) is 37.4 Å². The molecule has 0 saturated carbocycles. The monoisotopic (exact) mass is 197 g/mol. The van der Waals surface area contributed by atoms with Crippen molar-refractivity contribution in [2.75, 3.05) is 14.2 Å². The largest absolute Gasteiger partial charge is 0.388 e. The van der Waals surface area contributed by atoms with Gasteiger partial charge >= 0.3 is 0 Å². The molecule has 1 nitrogen and oxygen atoms in total. The fraction of sp³-hybridized carbons (Fsp3) is 0.667. The second-order valence-electron chi connectivity index (χ2n) is 0.408. The number of hydrogen-bond acceptors (Lipinski definition) is 1. The Morgan fingerprint density at radius 3 is 0.875 bits per heavy atom. The molecule has 2 heteroatoms.